The lowest BCUT2D eigenvalue weighted by Crippen LogP contribution is -2.45. The fourth-order valence-electron chi connectivity index (χ4n) is 2.24. The van der Waals surface area contributed by atoms with Crippen molar-refractivity contribution in [3.05, 3.63) is 36.9 Å². The van der Waals surface area contributed by atoms with Gasteiger partial charge in [-0.1, -0.05) is 13.0 Å². The molecular weight excluding hydrogens is 208 g/mol. The zero-order valence-corrected chi connectivity index (χ0v) is 10.9. The van der Waals surface area contributed by atoms with Crippen molar-refractivity contribution in [3.63, 3.8) is 0 Å². The first-order chi connectivity index (χ1) is 8.20. The van der Waals surface area contributed by atoms with E-state index in [1.165, 1.54) is 24.5 Å². The molecule has 0 amide bonds. The molecule has 1 heterocycles. The highest BCUT2D eigenvalue weighted by molar-refractivity contribution is 5.57. The van der Waals surface area contributed by atoms with Gasteiger partial charge in [0, 0.05) is 38.1 Å². The predicted molar refractivity (Wildman–Crippen MR) is 75.9 cm³/mol. The van der Waals surface area contributed by atoms with E-state index >= 15 is 0 Å². The summed E-state index contributed by atoms with van der Waals surface area (Å²) in [6.45, 7) is 9.49. The van der Waals surface area contributed by atoms with Gasteiger partial charge in [-0.3, -0.25) is 0 Å². The quantitative estimate of drug-likeness (QED) is 0.717. The Bertz CT molecular complexity index is 363. The molecule has 2 rings (SSSR count). The molecule has 0 radical (unpaired) electrons. The summed E-state index contributed by atoms with van der Waals surface area (Å²) in [5.74, 6) is 0.852. The Kier molecular flexibility index (Phi) is 3.72. The van der Waals surface area contributed by atoms with Gasteiger partial charge in [0.1, 0.15) is 0 Å². The number of anilines is 2. The molecule has 92 valence electrons. The van der Waals surface area contributed by atoms with Crippen molar-refractivity contribution < 1.29 is 0 Å². The number of benzene rings is 1. The van der Waals surface area contributed by atoms with Crippen LogP contribution in [0, 0.1) is 5.92 Å². The molecule has 1 aromatic rings. The summed E-state index contributed by atoms with van der Waals surface area (Å²) in [7, 11) is 2.13. The van der Waals surface area contributed by atoms with E-state index in [4.69, 9.17) is 0 Å². The van der Waals surface area contributed by atoms with Crippen molar-refractivity contribution in [1.29, 1.82) is 0 Å². The van der Waals surface area contributed by atoms with Crippen molar-refractivity contribution in [1.82, 2.24) is 0 Å². The number of rotatable bonds is 5. The first kappa shape index (κ1) is 12.0. The maximum absolute atomic E-state index is 3.76. The molecule has 1 fully saturated rings. The summed E-state index contributed by atoms with van der Waals surface area (Å²) >= 11 is 0. The van der Waals surface area contributed by atoms with Crippen LogP contribution < -0.4 is 9.80 Å². The van der Waals surface area contributed by atoms with Gasteiger partial charge in [-0.25, -0.2) is 0 Å². The van der Waals surface area contributed by atoms with Gasteiger partial charge in [0.2, 0.25) is 0 Å². The van der Waals surface area contributed by atoms with Crippen LogP contribution in [0.1, 0.15) is 13.3 Å². The summed E-state index contributed by atoms with van der Waals surface area (Å²) in [6, 6.07) is 8.88. The van der Waals surface area contributed by atoms with Crippen LogP contribution in [0.3, 0.4) is 0 Å². The lowest BCUT2D eigenvalue weighted by molar-refractivity contribution is 0.447. The van der Waals surface area contributed by atoms with Crippen molar-refractivity contribution in [2.45, 2.75) is 13.3 Å². The molecule has 0 aliphatic carbocycles. The lowest BCUT2D eigenvalue weighted by Gasteiger charge is -2.39. The third-order valence-electron chi connectivity index (χ3n) is 3.39. The Labute approximate surface area is 105 Å². The summed E-state index contributed by atoms with van der Waals surface area (Å²) in [4.78, 5) is 4.70. The van der Waals surface area contributed by atoms with Crippen molar-refractivity contribution in [2.24, 2.45) is 5.92 Å². The van der Waals surface area contributed by atoms with E-state index in [1.807, 2.05) is 6.08 Å². The van der Waals surface area contributed by atoms with Crippen LogP contribution in [0.4, 0.5) is 11.4 Å². The number of hydrogen-bond donors (Lipinski definition) is 0. The largest absolute Gasteiger partial charge is 0.374 e. The van der Waals surface area contributed by atoms with Gasteiger partial charge in [-0.15, -0.1) is 6.58 Å². The molecule has 0 spiro atoms. The zero-order chi connectivity index (χ0) is 12.3. The highest BCUT2D eigenvalue weighted by atomic mass is 15.2. The molecule has 0 N–H and O–H groups in total. The normalized spacial score (nSPS) is 15.5. The minimum absolute atomic E-state index is 0.852. The summed E-state index contributed by atoms with van der Waals surface area (Å²) in [5.41, 5.74) is 2.63. The van der Waals surface area contributed by atoms with E-state index in [9.17, 15) is 0 Å². The Morgan fingerprint density at radius 1 is 1.35 bits per heavy atom. The van der Waals surface area contributed by atoms with Crippen molar-refractivity contribution in [2.75, 3.05) is 36.5 Å². The van der Waals surface area contributed by atoms with Crippen LogP contribution in [0.25, 0.3) is 0 Å². The third kappa shape index (κ3) is 2.82. The van der Waals surface area contributed by atoms with Crippen molar-refractivity contribution >= 4 is 11.4 Å². The van der Waals surface area contributed by atoms with E-state index in [1.54, 1.807) is 0 Å². The first-order valence-corrected chi connectivity index (χ1v) is 6.37. The Balaban J connectivity index is 1.95. The smallest absolute Gasteiger partial charge is 0.0367 e. The average Bonchev–Trinajstić information content (AvgIpc) is 2.32. The van der Waals surface area contributed by atoms with Crippen LogP contribution >= 0.6 is 0 Å². The molecule has 0 unspecified atom stereocenters. The van der Waals surface area contributed by atoms with E-state index in [2.05, 4.69) is 54.6 Å². The highest BCUT2D eigenvalue weighted by Crippen LogP contribution is 2.26. The highest BCUT2D eigenvalue weighted by Gasteiger charge is 2.22. The molecule has 1 aliphatic rings. The fourth-order valence-corrected chi connectivity index (χ4v) is 2.24. The van der Waals surface area contributed by atoms with Crippen molar-refractivity contribution in [3.8, 4) is 0 Å². The molecule has 0 bridgehead atoms. The second-order valence-corrected chi connectivity index (χ2v) is 5.03. The lowest BCUT2D eigenvalue weighted by atomic mass is 10.0. The zero-order valence-electron chi connectivity index (χ0n) is 10.9. The minimum atomic E-state index is 0.852. The SMILES string of the molecule is C=CCCN(C)c1ccc(N2CC(C)C2)cc1. The van der Waals surface area contributed by atoms with Gasteiger partial charge < -0.3 is 9.80 Å². The topological polar surface area (TPSA) is 6.48 Å². The molecule has 17 heavy (non-hydrogen) atoms. The molecule has 2 nitrogen and oxygen atoms in total. The summed E-state index contributed by atoms with van der Waals surface area (Å²) in [5, 5.41) is 0. The Morgan fingerprint density at radius 3 is 2.53 bits per heavy atom. The maximum Gasteiger partial charge on any atom is 0.0367 e. The number of nitrogens with zero attached hydrogens (tertiary/aromatic N) is 2. The second-order valence-electron chi connectivity index (χ2n) is 5.03. The summed E-state index contributed by atoms with van der Waals surface area (Å²) in [6.07, 6.45) is 2.99. The number of hydrogen-bond acceptors (Lipinski definition) is 2. The fraction of sp³-hybridized carbons (Fsp3) is 0.467. The Morgan fingerprint density at radius 2 is 2.00 bits per heavy atom. The van der Waals surface area contributed by atoms with Gasteiger partial charge in [-0.05, 0) is 36.6 Å². The predicted octanol–water partition coefficient (Wildman–Crippen LogP) is 3.16. The third-order valence-corrected chi connectivity index (χ3v) is 3.39. The second kappa shape index (κ2) is 5.26. The molecule has 1 saturated heterocycles. The molecule has 0 atom stereocenters. The Hall–Kier alpha value is -1.44. The minimum Gasteiger partial charge on any atom is -0.374 e. The van der Waals surface area contributed by atoms with Gasteiger partial charge in [-0.2, -0.15) is 0 Å². The average molecular weight is 230 g/mol. The van der Waals surface area contributed by atoms with E-state index < -0.39 is 0 Å². The van der Waals surface area contributed by atoms with Crippen LogP contribution in [0.5, 0.6) is 0 Å². The van der Waals surface area contributed by atoms with Crippen LogP contribution in [-0.4, -0.2) is 26.7 Å². The van der Waals surface area contributed by atoms with Gasteiger partial charge in [0.15, 0.2) is 0 Å². The molecule has 1 aromatic carbocycles. The standard InChI is InChI=1S/C15H22N2/c1-4-5-10-16(3)14-6-8-15(9-7-14)17-11-13(2)12-17/h4,6-9,13H,1,5,10-12H2,2-3H3. The molecule has 0 saturated carbocycles. The molecular formula is C15H22N2. The van der Waals surface area contributed by atoms with E-state index in [0.29, 0.717) is 0 Å². The monoisotopic (exact) mass is 230 g/mol. The molecule has 1 aliphatic heterocycles. The van der Waals surface area contributed by atoms with Crippen LogP contribution in [0.2, 0.25) is 0 Å². The van der Waals surface area contributed by atoms with Gasteiger partial charge in [0.25, 0.3) is 0 Å². The van der Waals surface area contributed by atoms with E-state index in [0.717, 1.165) is 18.9 Å². The van der Waals surface area contributed by atoms with Crippen LogP contribution in [-0.2, 0) is 0 Å². The van der Waals surface area contributed by atoms with Gasteiger partial charge >= 0.3 is 0 Å². The van der Waals surface area contributed by atoms with E-state index in [-0.39, 0.29) is 0 Å². The maximum atomic E-state index is 3.76. The van der Waals surface area contributed by atoms with Crippen LogP contribution in [0.15, 0.2) is 36.9 Å². The van der Waals surface area contributed by atoms with Gasteiger partial charge in [0.05, 0.1) is 0 Å². The summed E-state index contributed by atoms with van der Waals surface area (Å²) < 4.78 is 0. The molecule has 2 heteroatoms. The first-order valence-electron chi connectivity index (χ1n) is 6.37. The molecule has 0 aromatic heterocycles.